The van der Waals surface area contributed by atoms with Crippen molar-refractivity contribution in [3.8, 4) is 22.8 Å². The van der Waals surface area contributed by atoms with E-state index in [1.54, 1.807) is 18.6 Å². The van der Waals surface area contributed by atoms with Crippen molar-refractivity contribution in [2.45, 2.75) is 20.3 Å². The lowest BCUT2D eigenvalue weighted by molar-refractivity contribution is -0.116. The maximum atomic E-state index is 12.2. The van der Waals surface area contributed by atoms with Gasteiger partial charge >= 0.3 is 0 Å². The molecule has 6 heterocycles. The number of fused-ring (bicyclic) bond motifs is 2. The number of imidazole rings is 1. The summed E-state index contributed by atoms with van der Waals surface area (Å²) in [5.74, 6) is 0.889. The van der Waals surface area contributed by atoms with Gasteiger partial charge in [0.15, 0.2) is 11.5 Å². The molecule has 1 saturated heterocycles. The Morgan fingerprint density at radius 2 is 1.95 bits per heavy atom. The summed E-state index contributed by atoms with van der Waals surface area (Å²) in [6.07, 6.45) is 7.41. The number of aromatic nitrogens is 7. The third-order valence-corrected chi connectivity index (χ3v) is 6.79. The molecule has 6 rings (SSSR count). The van der Waals surface area contributed by atoms with E-state index in [4.69, 9.17) is 4.98 Å². The van der Waals surface area contributed by atoms with Crippen LogP contribution in [-0.4, -0.2) is 79.2 Å². The Morgan fingerprint density at radius 3 is 2.76 bits per heavy atom. The van der Waals surface area contributed by atoms with Gasteiger partial charge in [0.05, 0.1) is 35.0 Å². The van der Waals surface area contributed by atoms with Gasteiger partial charge in [-0.2, -0.15) is 5.10 Å². The summed E-state index contributed by atoms with van der Waals surface area (Å²) in [4.78, 5) is 38.7. The Kier molecular flexibility index (Phi) is 6.20. The van der Waals surface area contributed by atoms with Crippen molar-refractivity contribution in [1.29, 1.82) is 0 Å². The Morgan fingerprint density at radius 1 is 1.11 bits per heavy atom. The highest BCUT2D eigenvalue weighted by molar-refractivity contribution is 5.96. The van der Waals surface area contributed by atoms with E-state index in [-0.39, 0.29) is 11.8 Å². The van der Waals surface area contributed by atoms with Gasteiger partial charge in [-0.3, -0.25) is 19.9 Å². The standard InChI is InChI=1S/C27H30N10O/c1-16(2)10-23(38)31-18-11-17(13-28-14-18)20-12-19-21(15-30-20)34-35-24(19)27-32-25-22(4-5-29-26(25)33-27)37-8-6-36(3)7-9-37/h4-5,11-16H,6-10H2,1-3H3,(H,31,38)(H,34,35)(H,29,32,33). The third kappa shape index (κ3) is 4.68. The smallest absolute Gasteiger partial charge is 0.224 e. The predicted octanol–water partition coefficient (Wildman–Crippen LogP) is 3.69. The molecule has 1 amide bonds. The second-order valence-electron chi connectivity index (χ2n) is 10.2. The van der Waals surface area contributed by atoms with Crippen LogP contribution in [0.3, 0.4) is 0 Å². The number of aromatic amines is 2. The number of pyridine rings is 3. The highest BCUT2D eigenvalue weighted by atomic mass is 16.1. The van der Waals surface area contributed by atoms with E-state index in [9.17, 15) is 4.79 Å². The lowest BCUT2D eigenvalue weighted by atomic mass is 10.1. The van der Waals surface area contributed by atoms with Crippen LogP contribution < -0.4 is 10.2 Å². The second-order valence-corrected chi connectivity index (χ2v) is 10.2. The fourth-order valence-electron chi connectivity index (χ4n) is 4.80. The monoisotopic (exact) mass is 510 g/mol. The van der Waals surface area contributed by atoms with E-state index in [2.05, 4.69) is 52.3 Å². The molecule has 1 aliphatic heterocycles. The van der Waals surface area contributed by atoms with Crippen LogP contribution in [0.2, 0.25) is 0 Å². The van der Waals surface area contributed by atoms with E-state index < -0.39 is 0 Å². The first-order valence-electron chi connectivity index (χ1n) is 12.8. The molecule has 5 aromatic heterocycles. The zero-order chi connectivity index (χ0) is 26.2. The predicted molar refractivity (Wildman–Crippen MR) is 148 cm³/mol. The van der Waals surface area contributed by atoms with Crippen LogP contribution in [0.1, 0.15) is 20.3 Å². The molecule has 194 valence electrons. The van der Waals surface area contributed by atoms with Gasteiger partial charge in [-0.1, -0.05) is 13.8 Å². The summed E-state index contributed by atoms with van der Waals surface area (Å²) in [6, 6.07) is 5.88. The van der Waals surface area contributed by atoms with E-state index in [1.807, 2.05) is 38.2 Å². The van der Waals surface area contributed by atoms with Crippen LogP contribution in [-0.2, 0) is 4.79 Å². The van der Waals surface area contributed by atoms with Crippen molar-refractivity contribution in [3.63, 3.8) is 0 Å². The topological polar surface area (TPSA) is 132 Å². The Bertz CT molecular complexity index is 1610. The van der Waals surface area contributed by atoms with Crippen LogP contribution in [0.15, 0.2) is 43.0 Å². The molecule has 0 radical (unpaired) electrons. The summed E-state index contributed by atoms with van der Waals surface area (Å²) >= 11 is 0. The van der Waals surface area contributed by atoms with E-state index >= 15 is 0 Å². The van der Waals surface area contributed by atoms with E-state index in [0.717, 1.165) is 65.2 Å². The zero-order valence-electron chi connectivity index (χ0n) is 21.7. The SMILES string of the molecule is CC(C)CC(=O)Nc1cncc(-c2cc3c(-c4nc5c(N6CCN(C)CC6)ccnc5[nH]4)n[nH]c3cn2)c1. The number of likely N-dealkylation sites (N-methyl/N-ethyl adjacent to an activating group) is 1. The quantitative estimate of drug-likeness (QED) is 0.315. The van der Waals surface area contributed by atoms with Gasteiger partial charge < -0.3 is 20.1 Å². The normalized spacial score (nSPS) is 14.6. The van der Waals surface area contributed by atoms with Crippen LogP contribution >= 0.6 is 0 Å². The van der Waals surface area contributed by atoms with Crippen molar-refractivity contribution in [1.82, 2.24) is 40.0 Å². The molecule has 38 heavy (non-hydrogen) atoms. The molecule has 0 aromatic carbocycles. The largest absolute Gasteiger partial charge is 0.367 e. The molecule has 1 fully saturated rings. The molecule has 0 unspecified atom stereocenters. The minimum Gasteiger partial charge on any atom is -0.367 e. The van der Waals surface area contributed by atoms with Crippen molar-refractivity contribution in [2.75, 3.05) is 43.4 Å². The number of nitrogens with zero attached hydrogens (tertiary/aromatic N) is 7. The Labute approximate surface area is 219 Å². The van der Waals surface area contributed by atoms with Crippen LogP contribution in [0.4, 0.5) is 11.4 Å². The van der Waals surface area contributed by atoms with Gasteiger partial charge in [0, 0.05) is 55.9 Å². The van der Waals surface area contributed by atoms with Crippen molar-refractivity contribution < 1.29 is 4.79 Å². The molecule has 3 N–H and O–H groups in total. The Balaban J connectivity index is 1.34. The fourth-order valence-corrected chi connectivity index (χ4v) is 4.80. The van der Waals surface area contributed by atoms with Crippen LogP contribution in [0, 0.1) is 5.92 Å². The van der Waals surface area contributed by atoms with Crippen molar-refractivity contribution in [3.05, 3.63) is 43.0 Å². The summed E-state index contributed by atoms with van der Waals surface area (Å²) in [5, 5.41) is 11.4. The number of rotatable bonds is 6. The maximum Gasteiger partial charge on any atom is 0.224 e. The molecule has 5 aromatic rings. The number of amides is 1. The molecule has 0 bridgehead atoms. The van der Waals surface area contributed by atoms with Gasteiger partial charge in [-0.15, -0.1) is 0 Å². The minimum atomic E-state index is -0.0334. The average molecular weight is 511 g/mol. The molecule has 0 spiro atoms. The van der Waals surface area contributed by atoms with Crippen LogP contribution in [0.25, 0.3) is 44.8 Å². The second kappa shape index (κ2) is 9.82. The van der Waals surface area contributed by atoms with Gasteiger partial charge in [-0.25, -0.2) is 9.97 Å². The van der Waals surface area contributed by atoms with E-state index in [1.165, 1.54) is 0 Å². The van der Waals surface area contributed by atoms with Gasteiger partial charge in [-0.05, 0) is 31.2 Å². The molecule has 0 saturated carbocycles. The first-order chi connectivity index (χ1) is 18.4. The van der Waals surface area contributed by atoms with Crippen molar-refractivity contribution >= 4 is 39.3 Å². The highest BCUT2D eigenvalue weighted by Gasteiger charge is 2.21. The van der Waals surface area contributed by atoms with Gasteiger partial charge in [0.2, 0.25) is 5.91 Å². The molecular weight excluding hydrogens is 480 g/mol. The first kappa shape index (κ1) is 24.0. The van der Waals surface area contributed by atoms with Crippen LogP contribution in [0.5, 0.6) is 0 Å². The number of nitrogens with one attached hydrogen (secondary N) is 3. The molecule has 11 heteroatoms. The lowest BCUT2D eigenvalue weighted by Crippen LogP contribution is -2.44. The minimum absolute atomic E-state index is 0.0334. The highest BCUT2D eigenvalue weighted by Crippen LogP contribution is 2.31. The number of hydrogen-bond donors (Lipinski definition) is 3. The number of carbonyl (C=O) groups excluding carboxylic acids is 1. The number of anilines is 2. The zero-order valence-corrected chi connectivity index (χ0v) is 21.7. The summed E-state index contributed by atoms with van der Waals surface area (Å²) in [5.41, 5.74) is 6.30. The number of H-pyrrole nitrogens is 2. The lowest BCUT2D eigenvalue weighted by Gasteiger charge is -2.33. The van der Waals surface area contributed by atoms with Gasteiger partial charge in [0.1, 0.15) is 11.2 Å². The average Bonchev–Trinajstić information content (AvgIpc) is 3.52. The number of piperazine rings is 1. The summed E-state index contributed by atoms with van der Waals surface area (Å²) in [7, 11) is 2.15. The molecule has 0 aliphatic carbocycles. The molecule has 11 nitrogen and oxygen atoms in total. The van der Waals surface area contributed by atoms with E-state index in [0.29, 0.717) is 23.6 Å². The molecule has 0 atom stereocenters. The fraction of sp³-hybridized carbons (Fsp3) is 0.333. The Hall–Kier alpha value is -4.38. The molecule has 1 aliphatic rings. The first-order valence-corrected chi connectivity index (χ1v) is 12.8. The molecular formula is C27H30N10O. The number of carbonyl (C=O) groups is 1. The van der Waals surface area contributed by atoms with Crippen molar-refractivity contribution in [2.24, 2.45) is 5.92 Å². The number of hydrogen-bond acceptors (Lipinski definition) is 8. The maximum absolute atomic E-state index is 12.2. The summed E-state index contributed by atoms with van der Waals surface area (Å²) in [6.45, 7) is 7.95. The third-order valence-electron chi connectivity index (χ3n) is 6.79. The summed E-state index contributed by atoms with van der Waals surface area (Å²) < 4.78 is 0. The van der Waals surface area contributed by atoms with Gasteiger partial charge in [0.25, 0.3) is 0 Å².